The summed E-state index contributed by atoms with van der Waals surface area (Å²) in [6.45, 7) is 3.83. The third-order valence-electron chi connectivity index (χ3n) is 3.14. The summed E-state index contributed by atoms with van der Waals surface area (Å²) in [6, 6.07) is 1.90. The van der Waals surface area contributed by atoms with Gasteiger partial charge in [0.15, 0.2) is 0 Å². The van der Waals surface area contributed by atoms with Gasteiger partial charge in [-0.1, -0.05) is 19.1 Å². The Balaban J connectivity index is 2.59. The topological polar surface area (TPSA) is 56.7 Å². The second-order valence-corrected chi connectivity index (χ2v) is 5.27. The van der Waals surface area contributed by atoms with Gasteiger partial charge in [0, 0.05) is 6.07 Å². The zero-order valence-electron chi connectivity index (χ0n) is 11.2. The lowest BCUT2D eigenvalue weighted by Crippen LogP contribution is -2.13. The molecule has 2 N–H and O–H groups in total. The van der Waals surface area contributed by atoms with Gasteiger partial charge in [-0.25, -0.2) is 13.5 Å². The van der Waals surface area contributed by atoms with Crippen molar-refractivity contribution in [1.82, 2.24) is 15.0 Å². The lowest BCUT2D eigenvalue weighted by molar-refractivity contribution is 0.576. The fourth-order valence-electron chi connectivity index (χ4n) is 1.99. The number of halogens is 3. The first-order valence-electron chi connectivity index (χ1n) is 6.34. The average molecular weight is 345 g/mol. The number of nitrogens with two attached hydrogens (primary N) is 1. The second-order valence-electron chi connectivity index (χ2n) is 4.42. The Morgan fingerprint density at radius 3 is 2.60 bits per heavy atom. The summed E-state index contributed by atoms with van der Waals surface area (Å²) in [7, 11) is 0. The van der Waals surface area contributed by atoms with Crippen molar-refractivity contribution in [1.29, 1.82) is 0 Å². The van der Waals surface area contributed by atoms with E-state index in [2.05, 4.69) is 26.2 Å². The van der Waals surface area contributed by atoms with Gasteiger partial charge in [0.1, 0.15) is 23.0 Å². The molecular formula is C13H15BrF2N4. The van der Waals surface area contributed by atoms with E-state index in [1.807, 2.05) is 13.8 Å². The Morgan fingerprint density at radius 1 is 1.30 bits per heavy atom. The highest BCUT2D eigenvalue weighted by atomic mass is 79.9. The van der Waals surface area contributed by atoms with E-state index in [4.69, 9.17) is 5.73 Å². The van der Waals surface area contributed by atoms with Gasteiger partial charge < -0.3 is 5.73 Å². The summed E-state index contributed by atoms with van der Waals surface area (Å²) in [5.74, 6) is -1.13. The molecular weight excluding hydrogens is 330 g/mol. The van der Waals surface area contributed by atoms with Crippen LogP contribution in [-0.2, 0) is 6.42 Å². The van der Waals surface area contributed by atoms with Gasteiger partial charge >= 0.3 is 0 Å². The molecule has 0 saturated carbocycles. The average Bonchev–Trinajstić information content (AvgIpc) is 2.85. The molecule has 1 atom stereocenters. The van der Waals surface area contributed by atoms with E-state index in [9.17, 15) is 8.78 Å². The van der Waals surface area contributed by atoms with Crippen LogP contribution in [0.5, 0.6) is 0 Å². The zero-order chi connectivity index (χ0) is 14.9. The van der Waals surface area contributed by atoms with E-state index in [1.54, 1.807) is 0 Å². The summed E-state index contributed by atoms with van der Waals surface area (Å²) >= 11 is 2.95. The Hall–Kier alpha value is -1.34. The molecule has 1 aromatic heterocycles. The van der Waals surface area contributed by atoms with Crippen LogP contribution in [0, 0.1) is 11.6 Å². The maximum Gasteiger partial charge on any atom is 0.150 e. The predicted octanol–water partition coefficient (Wildman–Crippen LogP) is 3.28. The normalized spacial score (nSPS) is 12.7. The lowest BCUT2D eigenvalue weighted by atomic mass is 10.1. The van der Waals surface area contributed by atoms with Gasteiger partial charge in [0.25, 0.3) is 0 Å². The van der Waals surface area contributed by atoms with Crippen LogP contribution >= 0.6 is 15.9 Å². The summed E-state index contributed by atoms with van der Waals surface area (Å²) in [4.78, 5) is 0. The van der Waals surface area contributed by atoms with Gasteiger partial charge in [0.05, 0.1) is 16.2 Å². The van der Waals surface area contributed by atoms with E-state index < -0.39 is 11.6 Å². The minimum absolute atomic E-state index is 0.0320. The van der Waals surface area contributed by atoms with Crippen molar-refractivity contribution in [2.24, 2.45) is 5.73 Å². The van der Waals surface area contributed by atoms with E-state index in [0.29, 0.717) is 24.2 Å². The van der Waals surface area contributed by atoms with Crippen LogP contribution in [0.15, 0.2) is 16.6 Å². The van der Waals surface area contributed by atoms with Crippen LogP contribution in [0.4, 0.5) is 8.78 Å². The summed E-state index contributed by atoms with van der Waals surface area (Å²) in [5.41, 5.74) is 7.31. The molecule has 2 aromatic rings. The number of nitrogens with zero attached hydrogens (tertiary/aromatic N) is 3. The fraction of sp³-hybridized carbons (Fsp3) is 0.385. The second kappa shape index (κ2) is 5.97. The molecule has 7 heteroatoms. The quantitative estimate of drug-likeness (QED) is 0.866. The van der Waals surface area contributed by atoms with Crippen molar-refractivity contribution in [3.63, 3.8) is 0 Å². The number of benzene rings is 1. The molecule has 0 bridgehead atoms. The molecule has 1 heterocycles. The van der Waals surface area contributed by atoms with Crippen molar-refractivity contribution >= 4 is 15.9 Å². The molecule has 4 nitrogen and oxygen atoms in total. The largest absolute Gasteiger partial charge is 0.323 e. The zero-order valence-corrected chi connectivity index (χ0v) is 12.8. The molecule has 0 saturated heterocycles. The monoisotopic (exact) mass is 344 g/mol. The molecule has 0 radical (unpaired) electrons. The van der Waals surface area contributed by atoms with Crippen molar-refractivity contribution in [3.05, 3.63) is 39.6 Å². The highest BCUT2D eigenvalue weighted by Crippen LogP contribution is 2.25. The first-order chi connectivity index (χ1) is 9.49. The van der Waals surface area contributed by atoms with Gasteiger partial charge in [-0.05, 0) is 34.8 Å². The maximum atomic E-state index is 14.0. The first-order valence-corrected chi connectivity index (χ1v) is 7.13. The van der Waals surface area contributed by atoms with E-state index in [0.717, 1.165) is 12.1 Å². The molecule has 2 rings (SSSR count). The molecule has 0 amide bonds. The van der Waals surface area contributed by atoms with Crippen LogP contribution in [0.3, 0.4) is 0 Å². The summed E-state index contributed by atoms with van der Waals surface area (Å²) < 4.78 is 29.0. The Bertz CT molecular complexity index is 627. The van der Waals surface area contributed by atoms with Crippen LogP contribution in [0.25, 0.3) is 5.69 Å². The Labute approximate surface area is 124 Å². The predicted molar refractivity (Wildman–Crippen MR) is 75.6 cm³/mol. The molecule has 0 aliphatic heterocycles. The molecule has 108 valence electrons. The SMILES string of the molecule is CCc1c(C(N)CC)nnn1-c1cc(F)c(Br)cc1F. The van der Waals surface area contributed by atoms with Crippen LogP contribution < -0.4 is 5.73 Å². The van der Waals surface area contributed by atoms with Crippen LogP contribution in [0.2, 0.25) is 0 Å². The van der Waals surface area contributed by atoms with Gasteiger partial charge in [0.2, 0.25) is 0 Å². The molecule has 0 spiro atoms. The fourth-order valence-corrected chi connectivity index (χ4v) is 2.31. The highest BCUT2D eigenvalue weighted by Gasteiger charge is 2.20. The van der Waals surface area contributed by atoms with E-state index in [-0.39, 0.29) is 16.2 Å². The molecule has 20 heavy (non-hydrogen) atoms. The summed E-state index contributed by atoms with van der Waals surface area (Å²) in [5, 5.41) is 7.94. The summed E-state index contributed by atoms with van der Waals surface area (Å²) in [6.07, 6.45) is 1.27. The van der Waals surface area contributed by atoms with Crippen molar-refractivity contribution < 1.29 is 8.78 Å². The van der Waals surface area contributed by atoms with Crippen molar-refractivity contribution in [2.75, 3.05) is 0 Å². The number of rotatable bonds is 4. The minimum atomic E-state index is -0.575. The van der Waals surface area contributed by atoms with Crippen molar-refractivity contribution in [2.45, 2.75) is 32.7 Å². The molecule has 1 aromatic carbocycles. The molecule has 0 aliphatic rings. The van der Waals surface area contributed by atoms with Gasteiger partial charge in [-0.15, -0.1) is 5.10 Å². The maximum absolute atomic E-state index is 14.0. The molecule has 0 fully saturated rings. The van der Waals surface area contributed by atoms with E-state index >= 15 is 0 Å². The minimum Gasteiger partial charge on any atom is -0.323 e. The molecule has 1 unspecified atom stereocenters. The van der Waals surface area contributed by atoms with Crippen molar-refractivity contribution in [3.8, 4) is 5.69 Å². The van der Waals surface area contributed by atoms with Crippen LogP contribution in [-0.4, -0.2) is 15.0 Å². The number of hydrogen-bond acceptors (Lipinski definition) is 3. The third-order valence-corrected chi connectivity index (χ3v) is 3.74. The Kier molecular flexibility index (Phi) is 4.49. The van der Waals surface area contributed by atoms with Crippen LogP contribution in [0.1, 0.15) is 37.7 Å². The number of hydrogen-bond donors (Lipinski definition) is 1. The van der Waals surface area contributed by atoms with Gasteiger partial charge in [-0.3, -0.25) is 0 Å². The first kappa shape index (κ1) is 15.1. The smallest absolute Gasteiger partial charge is 0.150 e. The standard InChI is InChI=1S/C13H15BrF2N4/c1-3-10(17)13-11(4-2)20(19-18-13)12-6-8(15)7(14)5-9(12)16/h5-6,10H,3-4,17H2,1-2H3. The third kappa shape index (κ3) is 2.60. The molecule has 0 aliphatic carbocycles. The number of aromatic nitrogens is 3. The Morgan fingerprint density at radius 2 is 2.00 bits per heavy atom. The highest BCUT2D eigenvalue weighted by molar-refractivity contribution is 9.10. The van der Waals surface area contributed by atoms with E-state index in [1.165, 1.54) is 4.68 Å². The van der Waals surface area contributed by atoms with Gasteiger partial charge in [-0.2, -0.15) is 0 Å². The lowest BCUT2D eigenvalue weighted by Gasteiger charge is -2.10.